The molecule has 0 amide bonds. The number of hydrogen-bond donors (Lipinski definition) is 2. The monoisotopic (exact) mass is 352 g/mol. The third-order valence-corrected chi connectivity index (χ3v) is 4.81. The van der Waals surface area contributed by atoms with Gasteiger partial charge in [0.1, 0.15) is 0 Å². The van der Waals surface area contributed by atoms with Gasteiger partial charge in [0.05, 0.1) is 16.6 Å². The van der Waals surface area contributed by atoms with Gasteiger partial charge in [0.15, 0.2) is 0 Å². The molecule has 1 aromatic rings. The number of halogens is 3. The molecule has 0 radical (unpaired) electrons. The van der Waals surface area contributed by atoms with Crippen LogP contribution in [0.3, 0.4) is 0 Å². The fourth-order valence-electron chi connectivity index (χ4n) is 2.96. The zero-order chi connectivity index (χ0) is 17.4. The number of alkyl halides is 3. The lowest BCUT2D eigenvalue weighted by Crippen LogP contribution is -2.33. The Morgan fingerprint density at radius 2 is 2.09 bits per heavy atom. The molecule has 9 heteroatoms. The summed E-state index contributed by atoms with van der Waals surface area (Å²) in [6.07, 6.45) is -3.58. The molecule has 1 heterocycles. The molecule has 1 aliphatic heterocycles. The predicted octanol–water partition coefficient (Wildman–Crippen LogP) is 2.09. The minimum absolute atomic E-state index is 0.0759. The summed E-state index contributed by atoms with van der Waals surface area (Å²) in [5.74, 6) is 0. The lowest BCUT2D eigenvalue weighted by atomic mass is 10.1. The fourth-order valence-corrected chi connectivity index (χ4v) is 3.50. The number of aliphatic hydroxyl groups excluding tert-OH is 1. The van der Waals surface area contributed by atoms with E-state index in [9.17, 15) is 26.7 Å². The number of rotatable bonds is 4. The highest BCUT2D eigenvalue weighted by atomic mass is 32.2. The quantitative estimate of drug-likeness (QED) is 0.869. The molecule has 5 nitrogen and oxygen atoms in total. The number of nitrogens with two attached hydrogens (primary N) is 1. The van der Waals surface area contributed by atoms with E-state index < -0.39 is 32.8 Å². The number of primary sulfonamides is 1. The molecule has 0 spiro atoms. The van der Waals surface area contributed by atoms with E-state index >= 15 is 0 Å². The molecule has 1 saturated heterocycles. The van der Waals surface area contributed by atoms with Crippen LogP contribution in [-0.2, 0) is 16.2 Å². The normalized spacial score (nSPS) is 20.8. The lowest BCUT2D eigenvalue weighted by molar-refractivity contribution is -0.137. The van der Waals surface area contributed by atoms with Crippen molar-refractivity contribution in [2.75, 3.05) is 11.4 Å². The highest BCUT2D eigenvalue weighted by Gasteiger charge is 2.38. The van der Waals surface area contributed by atoms with Gasteiger partial charge < -0.3 is 10.0 Å². The third-order valence-electron chi connectivity index (χ3n) is 3.90. The Hall–Kier alpha value is -1.32. The van der Waals surface area contributed by atoms with Crippen molar-refractivity contribution in [1.82, 2.24) is 0 Å². The van der Waals surface area contributed by atoms with Crippen molar-refractivity contribution in [1.29, 1.82) is 0 Å². The third kappa shape index (κ3) is 4.15. The van der Waals surface area contributed by atoms with E-state index in [4.69, 9.17) is 5.14 Å². The van der Waals surface area contributed by atoms with Crippen molar-refractivity contribution < 1.29 is 26.7 Å². The second-order valence-electron chi connectivity index (χ2n) is 5.80. The molecule has 2 rings (SSSR count). The molecular weight excluding hydrogens is 333 g/mol. The number of nitrogens with zero attached hydrogens (tertiary/aromatic N) is 1. The molecule has 1 aliphatic rings. The van der Waals surface area contributed by atoms with Crippen LogP contribution in [0.2, 0.25) is 0 Å². The van der Waals surface area contributed by atoms with Crippen molar-refractivity contribution in [3.05, 3.63) is 23.8 Å². The molecule has 1 fully saturated rings. The Labute approximate surface area is 132 Å². The first-order valence-electron chi connectivity index (χ1n) is 7.19. The highest BCUT2D eigenvalue weighted by Crippen LogP contribution is 2.40. The number of aliphatic hydroxyl groups is 1. The number of anilines is 1. The maximum atomic E-state index is 13.3. The minimum atomic E-state index is -4.70. The summed E-state index contributed by atoms with van der Waals surface area (Å²) in [5, 5.41) is 14.4. The number of sulfonamides is 1. The first kappa shape index (κ1) is 18.0. The van der Waals surface area contributed by atoms with Crippen LogP contribution in [0, 0.1) is 0 Å². The predicted molar refractivity (Wildman–Crippen MR) is 79.5 cm³/mol. The molecule has 0 bridgehead atoms. The molecule has 1 aromatic carbocycles. The van der Waals surface area contributed by atoms with Gasteiger partial charge >= 0.3 is 6.18 Å². The van der Waals surface area contributed by atoms with Gasteiger partial charge in [0, 0.05) is 18.3 Å². The van der Waals surface area contributed by atoms with Gasteiger partial charge in [0.25, 0.3) is 0 Å². The topological polar surface area (TPSA) is 83.6 Å². The zero-order valence-electron chi connectivity index (χ0n) is 12.5. The van der Waals surface area contributed by atoms with Crippen LogP contribution >= 0.6 is 0 Å². The number of hydrogen-bond acceptors (Lipinski definition) is 4. The van der Waals surface area contributed by atoms with E-state index in [1.165, 1.54) is 0 Å². The Bertz CT molecular complexity index is 674. The minimum Gasteiger partial charge on any atom is -0.393 e. The molecular formula is C14H19F3N2O3S. The van der Waals surface area contributed by atoms with Crippen LogP contribution in [-0.4, -0.2) is 32.2 Å². The molecule has 0 aliphatic carbocycles. The van der Waals surface area contributed by atoms with Crippen LogP contribution in [0.1, 0.15) is 31.7 Å². The highest BCUT2D eigenvalue weighted by molar-refractivity contribution is 7.89. The Balaban J connectivity index is 2.49. The zero-order valence-corrected chi connectivity index (χ0v) is 13.4. The SMILES string of the molecule is CC(O)CC1CCCN1c1ccc(S(N)(=O)=O)cc1C(F)(F)F. The van der Waals surface area contributed by atoms with Gasteiger partial charge in [-0.05, 0) is 44.4 Å². The molecule has 0 aromatic heterocycles. The second kappa shape index (κ2) is 6.29. The molecule has 2 atom stereocenters. The first-order valence-corrected chi connectivity index (χ1v) is 8.73. The fraction of sp³-hybridized carbons (Fsp3) is 0.571. The van der Waals surface area contributed by atoms with E-state index in [0.29, 0.717) is 31.9 Å². The summed E-state index contributed by atoms with van der Waals surface area (Å²) in [6.45, 7) is 2.01. The van der Waals surface area contributed by atoms with Crippen LogP contribution in [0.5, 0.6) is 0 Å². The van der Waals surface area contributed by atoms with Crippen LogP contribution in [0.4, 0.5) is 18.9 Å². The smallest absolute Gasteiger partial charge is 0.393 e. The van der Waals surface area contributed by atoms with Crippen molar-refractivity contribution >= 4 is 15.7 Å². The van der Waals surface area contributed by atoms with Gasteiger partial charge in [-0.3, -0.25) is 0 Å². The number of benzene rings is 1. The van der Waals surface area contributed by atoms with Gasteiger partial charge in [-0.2, -0.15) is 13.2 Å². The Morgan fingerprint density at radius 1 is 1.43 bits per heavy atom. The molecule has 3 N–H and O–H groups in total. The van der Waals surface area contributed by atoms with Crippen molar-refractivity contribution in [2.24, 2.45) is 5.14 Å². The van der Waals surface area contributed by atoms with E-state index in [0.717, 1.165) is 12.1 Å². The van der Waals surface area contributed by atoms with Gasteiger partial charge in [-0.15, -0.1) is 0 Å². The average molecular weight is 352 g/mol. The summed E-state index contributed by atoms with van der Waals surface area (Å²) in [6, 6.07) is 2.58. The molecule has 2 unspecified atom stereocenters. The van der Waals surface area contributed by atoms with E-state index in [1.54, 1.807) is 11.8 Å². The van der Waals surface area contributed by atoms with Crippen molar-refractivity contribution in [3.63, 3.8) is 0 Å². The maximum Gasteiger partial charge on any atom is 0.418 e. The summed E-state index contributed by atoms with van der Waals surface area (Å²) >= 11 is 0. The maximum absolute atomic E-state index is 13.3. The van der Waals surface area contributed by atoms with Gasteiger partial charge in [-0.1, -0.05) is 0 Å². The molecule has 23 heavy (non-hydrogen) atoms. The first-order chi connectivity index (χ1) is 10.5. The van der Waals surface area contributed by atoms with Crippen LogP contribution in [0.25, 0.3) is 0 Å². The van der Waals surface area contributed by atoms with Crippen LogP contribution in [0.15, 0.2) is 23.1 Å². The average Bonchev–Trinajstić information content (AvgIpc) is 2.83. The van der Waals surface area contributed by atoms with Crippen molar-refractivity contribution in [2.45, 2.75) is 49.4 Å². The van der Waals surface area contributed by atoms with E-state index in [2.05, 4.69) is 0 Å². The Kier molecular flexibility index (Phi) is 4.93. The second-order valence-corrected chi connectivity index (χ2v) is 7.36. The summed E-state index contributed by atoms with van der Waals surface area (Å²) in [5.41, 5.74) is -1.10. The van der Waals surface area contributed by atoms with Gasteiger partial charge in [0.2, 0.25) is 10.0 Å². The van der Waals surface area contributed by atoms with E-state index in [1.807, 2.05) is 0 Å². The summed E-state index contributed by atoms with van der Waals surface area (Å²) < 4.78 is 62.7. The Morgan fingerprint density at radius 3 is 2.61 bits per heavy atom. The summed E-state index contributed by atoms with van der Waals surface area (Å²) in [4.78, 5) is 1.02. The standard InChI is InChI=1S/C14H19F3N2O3S/c1-9(20)7-10-3-2-6-19(10)13-5-4-11(23(18,21)22)8-12(13)14(15,16)17/h4-5,8-10,20H,2-3,6-7H2,1H3,(H2,18,21,22). The largest absolute Gasteiger partial charge is 0.418 e. The summed E-state index contributed by atoms with van der Waals surface area (Å²) in [7, 11) is -4.22. The lowest BCUT2D eigenvalue weighted by Gasteiger charge is -2.30. The van der Waals surface area contributed by atoms with E-state index in [-0.39, 0.29) is 11.7 Å². The molecule has 0 saturated carbocycles. The molecule has 130 valence electrons. The van der Waals surface area contributed by atoms with Crippen LogP contribution < -0.4 is 10.0 Å². The van der Waals surface area contributed by atoms with Crippen molar-refractivity contribution in [3.8, 4) is 0 Å². The van der Waals surface area contributed by atoms with Gasteiger partial charge in [-0.25, -0.2) is 13.6 Å².